The van der Waals surface area contributed by atoms with E-state index in [9.17, 15) is 0 Å². The molecule has 1 aliphatic rings. The van der Waals surface area contributed by atoms with Crippen LogP contribution in [0.3, 0.4) is 0 Å². The summed E-state index contributed by atoms with van der Waals surface area (Å²) in [5.74, 6) is 1.78. The third kappa shape index (κ3) is 2.01. The van der Waals surface area contributed by atoms with Crippen LogP contribution in [0.4, 0.5) is 5.82 Å². The smallest absolute Gasteiger partial charge is 0.131 e. The molecule has 0 saturated heterocycles. The maximum Gasteiger partial charge on any atom is 0.131 e. The second-order valence-electron chi connectivity index (χ2n) is 3.76. The molecule has 0 radical (unpaired) electrons. The van der Waals surface area contributed by atoms with Crippen LogP contribution in [0.15, 0.2) is 18.3 Å². The van der Waals surface area contributed by atoms with E-state index < -0.39 is 0 Å². The third-order valence-corrected chi connectivity index (χ3v) is 2.74. The largest absolute Gasteiger partial charge is 0.352 e. The van der Waals surface area contributed by atoms with Gasteiger partial charge in [0.2, 0.25) is 0 Å². The molecule has 1 fully saturated rings. The zero-order valence-corrected chi connectivity index (χ0v) is 9.17. The van der Waals surface area contributed by atoms with Crippen LogP contribution >= 0.6 is 11.6 Å². The molecule has 1 saturated carbocycles. The molecule has 14 heavy (non-hydrogen) atoms. The Kier molecular flexibility index (Phi) is 2.92. The normalized spacial score (nSPS) is 15.6. The van der Waals surface area contributed by atoms with Crippen molar-refractivity contribution in [2.45, 2.75) is 25.8 Å². The predicted molar refractivity (Wildman–Crippen MR) is 60.1 cm³/mol. The first-order chi connectivity index (χ1) is 6.83. The summed E-state index contributed by atoms with van der Waals surface area (Å²) in [7, 11) is 0. The number of aryl methyl sites for hydroxylation is 1. The fraction of sp³-hybridized carbons (Fsp3) is 0.545. The number of pyridine rings is 1. The van der Waals surface area contributed by atoms with E-state index in [1.54, 1.807) is 0 Å². The minimum atomic E-state index is 0.673. The first kappa shape index (κ1) is 9.78. The van der Waals surface area contributed by atoms with Crippen LogP contribution in [0.1, 0.15) is 18.4 Å². The van der Waals surface area contributed by atoms with E-state index in [4.69, 9.17) is 11.6 Å². The van der Waals surface area contributed by atoms with Crippen LogP contribution in [-0.2, 0) is 0 Å². The molecule has 0 spiro atoms. The van der Waals surface area contributed by atoms with Gasteiger partial charge in [-0.3, -0.25) is 0 Å². The van der Waals surface area contributed by atoms with Crippen LogP contribution in [0.25, 0.3) is 0 Å². The van der Waals surface area contributed by atoms with Gasteiger partial charge in [0.15, 0.2) is 0 Å². The quantitative estimate of drug-likeness (QED) is 0.711. The lowest BCUT2D eigenvalue weighted by Gasteiger charge is -2.23. The average molecular weight is 211 g/mol. The molecule has 1 aliphatic carbocycles. The fourth-order valence-electron chi connectivity index (χ4n) is 1.72. The number of halogens is 1. The lowest BCUT2D eigenvalue weighted by Crippen LogP contribution is -2.29. The first-order valence-electron chi connectivity index (χ1n) is 5.07. The third-order valence-electron chi connectivity index (χ3n) is 2.57. The number of nitrogens with zero attached hydrogens (tertiary/aromatic N) is 2. The van der Waals surface area contributed by atoms with Gasteiger partial charge < -0.3 is 4.90 Å². The van der Waals surface area contributed by atoms with Crippen molar-refractivity contribution in [1.29, 1.82) is 0 Å². The minimum absolute atomic E-state index is 0.673. The Hall–Kier alpha value is -0.760. The zero-order valence-electron chi connectivity index (χ0n) is 8.41. The summed E-state index contributed by atoms with van der Waals surface area (Å²) in [5, 5.41) is 0. The molecule has 0 atom stereocenters. The van der Waals surface area contributed by atoms with Gasteiger partial charge in [-0.05, 0) is 31.4 Å². The van der Waals surface area contributed by atoms with Gasteiger partial charge in [0.1, 0.15) is 5.82 Å². The van der Waals surface area contributed by atoms with Gasteiger partial charge in [-0.15, -0.1) is 11.6 Å². The molecule has 1 aromatic heterocycles. The van der Waals surface area contributed by atoms with Crippen molar-refractivity contribution in [1.82, 2.24) is 4.98 Å². The second-order valence-corrected chi connectivity index (χ2v) is 4.14. The SMILES string of the molecule is Cc1cccnc1N(CCCl)C1CC1. The molecule has 0 amide bonds. The maximum atomic E-state index is 5.80. The number of hydrogen-bond donors (Lipinski definition) is 0. The standard InChI is InChI=1S/C11H15ClN2/c1-9-3-2-7-13-11(9)14(8-6-12)10-4-5-10/h2-3,7,10H,4-6,8H2,1H3. The van der Waals surface area contributed by atoms with Gasteiger partial charge in [0.05, 0.1) is 0 Å². The van der Waals surface area contributed by atoms with Crippen molar-refractivity contribution >= 4 is 17.4 Å². The molecule has 0 N–H and O–H groups in total. The number of rotatable bonds is 4. The highest BCUT2D eigenvalue weighted by Gasteiger charge is 2.30. The van der Waals surface area contributed by atoms with E-state index in [0.717, 1.165) is 12.4 Å². The van der Waals surface area contributed by atoms with Crippen molar-refractivity contribution in [3.8, 4) is 0 Å². The van der Waals surface area contributed by atoms with Gasteiger partial charge in [0, 0.05) is 24.7 Å². The van der Waals surface area contributed by atoms with E-state index >= 15 is 0 Å². The number of anilines is 1. The topological polar surface area (TPSA) is 16.1 Å². The van der Waals surface area contributed by atoms with Crippen molar-refractivity contribution in [3.05, 3.63) is 23.9 Å². The molecule has 0 aliphatic heterocycles. The summed E-state index contributed by atoms with van der Waals surface area (Å²) in [6.07, 6.45) is 4.42. The van der Waals surface area contributed by atoms with Crippen molar-refractivity contribution < 1.29 is 0 Å². The van der Waals surface area contributed by atoms with E-state index in [0.29, 0.717) is 11.9 Å². The Bertz CT molecular complexity index is 310. The van der Waals surface area contributed by atoms with Crippen LogP contribution in [-0.4, -0.2) is 23.5 Å². The molecule has 3 heteroatoms. The van der Waals surface area contributed by atoms with Crippen molar-refractivity contribution in [2.24, 2.45) is 0 Å². The van der Waals surface area contributed by atoms with E-state index in [1.807, 2.05) is 12.3 Å². The van der Waals surface area contributed by atoms with Crippen molar-refractivity contribution in [2.75, 3.05) is 17.3 Å². The van der Waals surface area contributed by atoms with Crippen LogP contribution in [0.5, 0.6) is 0 Å². The summed E-state index contributed by atoms with van der Waals surface area (Å²) in [4.78, 5) is 6.76. The van der Waals surface area contributed by atoms with Crippen molar-refractivity contribution in [3.63, 3.8) is 0 Å². The highest BCUT2D eigenvalue weighted by atomic mass is 35.5. The molecule has 1 heterocycles. The Morgan fingerprint density at radius 1 is 1.57 bits per heavy atom. The van der Waals surface area contributed by atoms with Gasteiger partial charge in [-0.2, -0.15) is 0 Å². The first-order valence-corrected chi connectivity index (χ1v) is 5.60. The summed E-state index contributed by atoms with van der Waals surface area (Å²) in [6, 6.07) is 4.76. The Labute approximate surface area is 89.9 Å². The highest BCUT2D eigenvalue weighted by molar-refractivity contribution is 6.18. The van der Waals surface area contributed by atoms with Crippen LogP contribution < -0.4 is 4.90 Å². The molecule has 0 bridgehead atoms. The van der Waals surface area contributed by atoms with E-state index in [2.05, 4.69) is 22.9 Å². The Balaban J connectivity index is 2.21. The van der Waals surface area contributed by atoms with E-state index in [-0.39, 0.29) is 0 Å². The van der Waals surface area contributed by atoms with Gasteiger partial charge in [-0.1, -0.05) is 6.07 Å². The Morgan fingerprint density at radius 2 is 2.36 bits per heavy atom. The molecular formula is C11H15ClN2. The molecular weight excluding hydrogens is 196 g/mol. The molecule has 76 valence electrons. The number of aromatic nitrogens is 1. The van der Waals surface area contributed by atoms with Gasteiger partial charge in [-0.25, -0.2) is 4.98 Å². The molecule has 2 nitrogen and oxygen atoms in total. The summed E-state index contributed by atoms with van der Waals surface area (Å²) in [5.41, 5.74) is 1.24. The number of hydrogen-bond acceptors (Lipinski definition) is 2. The monoisotopic (exact) mass is 210 g/mol. The maximum absolute atomic E-state index is 5.80. The minimum Gasteiger partial charge on any atom is -0.352 e. The second kappa shape index (κ2) is 4.18. The Morgan fingerprint density at radius 3 is 2.93 bits per heavy atom. The highest BCUT2D eigenvalue weighted by Crippen LogP contribution is 2.31. The molecule has 0 unspecified atom stereocenters. The lowest BCUT2D eigenvalue weighted by atomic mass is 10.2. The van der Waals surface area contributed by atoms with E-state index in [1.165, 1.54) is 18.4 Å². The average Bonchev–Trinajstić information content (AvgIpc) is 2.99. The fourth-order valence-corrected chi connectivity index (χ4v) is 1.90. The van der Waals surface area contributed by atoms with Gasteiger partial charge in [0.25, 0.3) is 0 Å². The molecule has 0 aromatic carbocycles. The summed E-state index contributed by atoms with van der Waals surface area (Å²) >= 11 is 5.80. The van der Waals surface area contributed by atoms with Crippen LogP contribution in [0.2, 0.25) is 0 Å². The zero-order chi connectivity index (χ0) is 9.97. The molecule has 1 aromatic rings. The summed E-state index contributed by atoms with van der Waals surface area (Å²) in [6.45, 7) is 3.01. The lowest BCUT2D eigenvalue weighted by molar-refractivity contribution is 0.807. The van der Waals surface area contributed by atoms with Gasteiger partial charge >= 0.3 is 0 Å². The molecule has 2 rings (SSSR count). The summed E-state index contributed by atoms with van der Waals surface area (Å²) < 4.78 is 0. The van der Waals surface area contributed by atoms with Crippen LogP contribution in [0, 0.1) is 6.92 Å². The predicted octanol–water partition coefficient (Wildman–Crippen LogP) is 2.60. The number of alkyl halides is 1.